The summed E-state index contributed by atoms with van der Waals surface area (Å²) in [5, 5.41) is 15.3. The highest BCUT2D eigenvalue weighted by Gasteiger charge is 2.04. The molecule has 0 amide bonds. The van der Waals surface area contributed by atoms with Gasteiger partial charge in [0.25, 0.3) is 5.69 Å². The molecule has 106 valence electrons. The van der Waals surface area contributed by atoms with Crippen LogP contribution in [0, 0.1) is 10.1 Å². The molecule has 1 aromatic carbocycles. The fraction of sp³-hybridized carbons (Fsp3) is 0.455. The van der Waals surface area contributed by atoms with Gasteiger partial charge in [-0.15, -0.1) is 0 Å². The van der Waals surface area contributed by atoms with Gasteiger partial charge in [0.2, 0.25) is 10.0 Å². The van der Waals surface area contributed by atoms with E-state index in [0.29, 0.717) is 31.6 Å². The third-order valence-electron chi connectivity index (χ3n) is 2.39. The van der Waals surface area contributed by atoms with E-state index in [1.54, 1.807) is 0 Å². The van der Waals surface area contributed by atoms with Gasteiger partial charge in [0, 0.05) is 12.1 Å². The van der Waals surface area contributed by atoms with Crippen LogP contribution in [0.2, 0.25) is 0 Å². The first-order valence-corrected chi connectivity index (χ1v) is 7.48. The summed E-state index contributed by atoms with van der Waals surface area (Å²) in [4.78, 5) is 9.96. The normalized spacial score (nSPS) is 11.2. The summed E-state index contributed by atoms with van der Waals surface area (Å²) >= 11 is 0. The molecule has 1 rings (SSSR count). The van der Waals surface area contributed by atoms with Crippen molar-refractivity contribution in [2.45, 2.75) is 19.3 Å². The van der Waals surface area contributed by atoms with Gasteiger partial charge in [-0.1, -0.05) is 0 Å². The van der Waals surface area contributed by atoms with E-state index in [9.17, 15) is 18.5 Å². The minimum Gasteiger partial charge on any atom is -0.494 e. The molecular weight excluding hydrogens is 272 g/mol. The van der Waals surface area contributed by atoms with Gasteiger partial charge in [-0.3, -0.25) is 10.1 Å². The van der Waals surface area contributed by atoms with E-state index in [0.717, 1.165) is 0 Å². The lowest BCUT2D eigenvalue weighted by atomic mass is 10.2. The summed E-state index contributed by atoms with van der Waals surface area (Å²) in [5.74, 6) is 0.530. The van der Waals surface area contributed by atoms with Crippen LogP contribution in [0.25, 0.3) is 0 Å². The first-order valence-electron chi connectivity index (χ1n) is 5.76. The Morgan fingerprint density at radius 2 is 1.79 bits per heavy atom. The zero-order valence-electron chi connectivity index (χ0n) is 10.3. The Morgan fingerprint density at radius 3 is 2.32 bits per heavy atom. The predicted octanol–water partition coefficient (Wildman–Crippen LogP) is 1.43. The Kier molecular flexibility index (Phi) is 5.71. The van der Waals surface area contributed by atoms with Crippen molar-refractivity contribution in [1.29, 1.82) is 0 Å². The van der Waals surface area contributed by atoms with Crippen molar-refractivity contribution in [1.82, 2.24) is 0 Å². The molecule has 8 heteroatoms. The maximum atomic E-state index is 10.7. The molecule has 0 aliphatic heterocycles. The smallest absolute Gasteiger partial charge is 0.269 e. The first-order chi connectivity index (χ1) is 8.88. The highest BCUT2D eigenvalue weighted by atomic mass is 32.2. The van der Waals surface area contributed by atoms with E-state index in [2.05, 4.69) is 0 Å². The molecule has 0 radical (unpaired) electrons. The molecule has 7 nitrogen and oxygen atoms in total. The molecular formula is C11H16N2O5S. The summed E-state index contributed by atoms with van der Waals surface area (Å²) in [7, 11) is -3.38. The zero-order chi connectivity index (χ0) is 14.3. The Morgan fingerprint density at radius 1 is 1.16 bits per heavy atom. The molecule has 0 saturated heterocycles. The number of nitro groups is 1. The van der Waals surface area contributed by atoms with E-state index >= 15 is 0 Å². The number of primary sulfonamides is 1. The molecule has 0 heterocycles. The Labute approximate surface area is 111 Å². The average molecular weight is 288 g/mol. The van der Waals surface area contributed by atoms with Gasteiger partial charge in [-0.25, -0.2) is 13.6 Å². The molecule has 19 heavy (non-hydrogen) atoms. The van der Waals surface area contributed by atoms with Crippen LogP contribution in [0.5, 0.6) is 5.75 Å². The lowest BCUT2D eigenvalue weighted by molar-refractivity contribution is -0.384. The fourth-order valence-electron chi connectivity index (χ4n) is 1.44. The van der Waals surface area contributed by atoms with E-state index < -0.39 is 14.9 Å². The molecule has 0 bridgehead atoms. The number of rotatable bonds is 8. The van der Waals surface area contributed by atoms with Crippen LogP contribution < -0.4 is 9.88 Å². The minimum atomic E-state index is -3.38. The molecule has 0 saturated carbocycles. The third-order valence-corrected chi connectivity index (χ3v) is 3.25. The predicted molar refractivity (Wildman–Crippen MR) is 70.4 cm³/mol. The van der Waals surface area contributed by atoms with Gasteiger partial charge >= 0.3 is 0 Å². The van der Waals surface area contributed by atoms with E-state index in [-0.39, 0.29) is 11.4 Å². The summed E-state index contributed by atoms with van der Waals surface area (Å²) in [6, 6.07) is 5.80. The van der Waals surface area contributed by atoms with Crippen molar-refractivity contribution < 1.29 is 18.1 Å². The van der Waals surface area contributed by atoms with Crippen molar-refractivity contribution in [3.8, 4) is 5.75 Å². The lowest BCUT2D eigenvalue weighted by Gasteiger charge is -2.05. The summed E-state index contributed by atoms with van der Waals surface area (Å²) < 4.78 is 26.7. The van der Waals surface area contributed by atoms with Crippen molar-refractivity contribution in [2.75, 3.05) is 12.4 Å². The van der Waals surface area contributed by atoms with E-state index in [1.165, 1.54) is 24.3 Å². The Balaban J connectivity index is 2.21. The van der Waals surface area contributed by atoms with Crippen LogP contribution in [0.15, 0.2) is 24.3 Å². The molecule has 0 atom stereocenters. The third kappa shape index (κ3) is 6.73. The van der Waals surface area contributed by atoms with Gasteiger partial charge in [0.05, 0.1) is 17.3 Å². The average Bonchev–Trinajstić information content (AvgIpc) is 2.33. The first kappa shape index (κ1) is 15.4. The number of unbranched alkanes of at least 4 members (excludes halogenated alkanes) is 2. The number of ether oxygens (including phenoxy) is 1. The largest absolute Gasteiger partial charge is 0.494 e. The van der Waals surface area contributed by atoms with Crippen LogP contribution >= 0.6 is 0 Å². The number of nitro benzene ring substituents is 1. The van der Waals surface area contributed by atoms with Crippen molar-refractivity contribution >= 4 is 15.7 Å². The highest BCUT2D eigenvalue weighted by molar-refractivity contribution is 7.89. The quantitative estimate of drug-likeness (QED) is 0.441. The van der Waals surface area contributed by atoms with Crippen LogP contribution in [-0.4, -0.2) is 25.7 Å². The number of non-ortho nitro benzene ring substituents is 1. The van der Waals surface area contributed by atoms with Crippen LogP contribution in [0.3, 0.4) is 0 Å². The molecule has 0 aliphatic carbocycles. The topological polar surface area (TPSA) is 113 Å². The maximum absolute atomic E-state index is 10.7. The molecule has 0 aromatic heterocycles. The lowest BCUT2D eigenvalue weighted by Crippen LogP contribution is -2.16. The number of nitrogens with two attached hydrogens (primary N) is 1. The van der Waals surface area contributed by atoms with Crippen LogP contribution in [0.1, 0.15) is 19.3 Å². The monoisotopic (exact) mass is 288 g/mol. The summed E-state index contributed by atoms with van der Waals surface area (Å²) in [5.41, 5.74) is 0.0144. The standard InChI is InChI=1S/C11H16N2O5S/c12-19(16,17)9-3-1-2-8-18-11-6-4-10(5-7-11)13(14)15/h4-7H,1-3,8-9H2,(H2,12,16,17). The van der Waals surface area contributed by atoms with E-state index in [1.807, 2.05) is 0 Å². The Hall–Kier alpha value is -1.67. The van der Waals surface area contributed by atoms with Gasteiger partial charge in [-0.05, 0) is 31.4 Å². The maximum Gasteiger partial charge on any atom is 0.269 e. The number of hydrogen-bond donors (Lipinski definition) is 1. The number of nitrogens with zero attached hydrogens (tertiary/aromatic N) is 1. The SMILES string of the molecule is NS(=O)(=O)CCCCCOc1ccc([N+](=O)[O-])cc1. The number of hydrogen-bond acceptors (Lipinski definition) is 5. The van der Waals surface area contributed by atoms with Crippen molar-refractivity contribution in [3.63, 3.8) is 0 Å². The fourth-order valence-corrected chi connectivity index (χ4v) is 2.04. The van der Waals surface area contributed by atoms with Crippen LogP contribution in [-0.2, 0) is 10.0 Å². The summed E-state index contributed by atoms with van der Waals surface area (Å²) in [6.45, 7) is 0.433. The van der Waals surface area contributed by atoms with Gasteiger partial charge in [0.15, 0.2) is 0 Å². The molecule has 0 unspecified atom stereocenters. The zero-order valence-corrected chi connectivity index (χ0v) is 11.1. The second-order valence-electron chi connectivity index (χ2n) is 4.03. The molecule has 1 aromatic rings. The van der Waals surface area contributed by atoms with Crippen LogP contribution in [0.4, 0.5) is 5.69 Å². The molecule has 0 spiro atoms. The second kappa shape index (κ2) is 7.05. The second-order valence-corrected chi connectivity index (χ2v) is 5.76. The Bertz CT molecular complexity index is 512. The van der Waals surface area contributed by atoms with Gasteiger partial charge in [-0.2, -0.15) is 0 Å². The number of benzene rings is 1. The molecule has 0 fully saturated rings. The van der Waals surface area contributed by atoms with Crippen molar-refractivity contribution in [2.24, 2.45) is 5.14 Å². The van der Waals surface area contributed by atoms with Gasteiger partial charge < -0.3 is 4.74 Å². The summed E-state index contributed by atoms with van der Waals surface area (Å²) in [6.07, 6.45) is 1.90. The molecule has 2 N–H and O–H groups in total. The van der Waals surface area contributed by atoms with Crippen molar-refractivity contribution in [3.05, 3.63) is 34.4 Å². The molecule has 0 aliphatic rings. The number of sulfonamides is 1. The van der Waals surface area contributed by atoms with Gasteiger partial charge in [0.1, 0.15) is 5.75 Å². The highest BCUT2D eigenvalue weighted by Crippen LogP contribution is 2.17. The van der Waals surface area contributed by atoms with E-state index in [4.69, 9.17) is 9.88 Å². The minimum absolute atomic E-state index is 0.0144.